The molecule has 0 radical (unpaired) electrons. The van der Waals surface area contributed by atoms with Crippen LogP contribution in [0.3, 0.4) is 0 Å². The number of carbonyl (C=O) groups is 2. The number of nitrogens with zero attached hydrogens (tertiary/aromatic N) is 1. The zero-order chi connectivity index (χ0) is 17.6. The molecular weight excluding hydrogens is 320 g/mol. The van der Waals surface area contributed by atoms with E-state index in [1.165, 1.54) is 0 Å². The third kappa shape index (κ3) is 4.45. The van der Waals surface area contributed by atoms with Crippen LogP contribution in [0.25, 0.3) is 0 Å². The van der Waals surface area contributed by atoms with Crippen molar-refractivity contribution in [2.75, 3.05) is 17.2 Å². The lowest BCUT2D eigenvalue weighted by Crippen LogP contribution is -2.27. The summed E-state index contributed by atoms with van der Waals surface area (Å²) in [4.78, 5) is 24.5. The summed E-state index contributed by atoms with van der Waals surface area (Å²) in [5.41, 5.74) is 2.00. The molecule has 1 saturated heterocycles. The summed E-state index contributed by atoms with van der Waals surface area (Å²) in [5.74, 6) is 0.0385. The second kappa shape index (κ2) is 7.94. The molecule has 7 nitrogen and oxygen atoms in total. The molecule has 1 aromatic carbocycles. The van der Waals surface area contributed by atoms with E-state index in [1.54, 1.807) is 24.3 Å². The predicted octanol–water partition coefficient (Wildman–Crippen LogP) is 2.73. The fourth-order valence-electron chi connectivity index (χ4n) is 2.76. The Hall–Kier alpha value is -2.67. The molecule has 7 heteroatoms. The van der Waals surface area contributed by atoms with Crippen LogP contribution < -0.4 is 10.6 Å². The minimum absolute atomic E-state index is 0.174. The first-order valence-electron chi connectivity index (χ1n) is 8.54. The van der Waals surface area contributed by atoms with Gasteiger partial charge in [-0.05, 0) is 37.5 Å². The van der Waals surface area contributed by atoms with E-state index in [0.717, 1.165) is 31.4 Å². The maximum atomic E-state index is 12.4. The Morgan fingerprint density at radius 2 is 2.20 bits per heavy atom. The largest absolute Gasteiger partial charge is 0.368 e. The van der Waals surface area contributed by atoms with Crippen molar-refractivity contribution in [2.24, 2.45) is 0 Å². The van der Waals surface area contributed by atoms with Gasteiger partial charge in [-0.1, -0.05) is 19.4 Å². The zero-order valence-corrected chi connectivity index (χ0v) is 14.2. The van der Waals surface area contributed by atoms with Crippen LogP contribution in [0.15, 0.2) is 30.3 Å². The Balaban J connectivity index is 1.63. The summed E-state index contributed by atoms with van der Waals surface area (Å²) >= 11 is 0. The first-order chi connectivity index (χ1) is 12.2. The standard InChI is InChI=1S/C18H22N4O3/c1-2-5-14-11-16(22-21-14)20-17(23)12-6-3-7-13(10-12)19-18(24)15-8-4-9-25-15/h3,6-7,10-11,15H,2,4-5,8-9H2,1H3,(H,19,24)(H2,20,21,22,23)/t15-/m1/s1. The summed E-state index contributed by atoms with van der Waals surface area (Å²) in [6.07, 6.45) is 3.10. The number of amides is 2. The lowest BCUT2D eigenvalue weighted by Gasteiger charge is -2.11. The van der Waals surface area contributed by atoms with E-state index in [0.29, 0.717) is 23.7 Å². The molecule has 0 aliphatic carbocycles. The smallest absolute Gasteiger partial charge is 0.256 e. The minimum Gasteiger partial charge on any atom is -0.368 e. The fraction of sp³-hybridized carbons (Fsp3) is 0.389. The van der Waals surface area contributed by atoms with E-state index in [4.69, 9.17) is 4.74 Å². The van der Waals surface area contributed by atoms with Gasteiger partial charge in [0.1, 0.15) is 6.10 Å². The maximum Gasteiger partial charge on any atom is 0.256 e. The first-order valence-corrected chi connectivity index (χ1v) is 8.54. The quantitative estimate of drug-likeness (QED) is 0.752. The van der Waals surface area contributed by atoms with Gasteiger partial charge in [-0.25, -0.2) is 0 Å². The van der Waals surface area contributed by atoms with Crippen molar-refractivity contribution < 1.29 is 14.3 Å². The highest BCUT2D eigenvalue weighted by molar-refractivity contribution is 6.05. The number of benzene rings is 1. The van der Waals surface area contributed by atoms with Gasteiger partial charge in [-0.3, -0.25) is 14.7 Å². The number of aryl methyl sites for hydroxylation is 1. The van der Waals surface area contributed by atoms with Crippen LogP contribution in [0.2, 0.25) is 0 Å². The van der Waals surface area contributed by atoms with Gasteiger partial charge in [0.15, 0.2) is 5.82 Å². The summed E-state index contributed by atoms with van der Waals surface area (Å²) in [5, 5.41) is 12.5. The number of hydrogen-bond donors (Lipinski definition) is 3. The van der Waals surface area contributed by atoms with Gasteiger partial charge in [0.2, 0.25) is 0 Å². The molecule has 2 amide bonds. The zero-order valence-electron chi connectivity index (χ0n) is 14.2. The van der Waals surface area contributed by atoms with Crippen LogP contribution in [-0.2, 0) is 16.0 Å². The molecule has 2 heterocycles. The molecule has 132 valence electrons. The number of nitrogens with one attached hydrogen (secondary N) is 3. The molecule has 0 unspecified atom stereocenters. The molecule has 0 spiro atoms. The van der Waals surface area contributed by atoms with Crippen LogP contribution >= 0.6 is 0 Å². The second-order valence-electron chi connectivity index (χ2n) is 6.05. The number of H-pyrrole nitrogens is 1. The van der Waals surface area contributed by atoms with Crippen molar-refractivity contribution in [3.63, 3.8) is 0 Å². The van der Waals surface area contributed by atoms with Gasteiger partial charge in [0.25, 0.3) is 11.8 Å². The van der Waals surface area contributed by atoms with E-state index in [2.05, 4.69) is 27.8 Å². The topological polar surface area (TPSA) is 96.1 Å². The molecular formula is C18H22N4O3. The van der Waals surface area contributed by atoms with Crippen LogP contribution in [0.1, 0.15) is 42.2 Å². The monoisotopic (exact) mass is 342 g/mol. The lowest BCUT2D eigenvalue weighted by atomic mass is 10.1. The normalized spacial score (nSPS) is 16.6. The highest BCUT2D eigenvalue weighted by Crippen LogP contribution is 2.17. The predicted molar refractivity (Wildman–Crippen MR) is 94.6 cm³/mol. The van der Waals surface area contributed by atoms with Crippen molar-refractivity contribution in [3.05, 3.63) is 41.6 Å². The Morgan fingerprint density at radius 3 is 2.96 bits per heavy atom. The Bertz CT molecular complexity index is 750. The van der Waals surface area contributed by atoms with E-state index in [9.17, 15) is 9.59 Å². The maximum absolute atomic E-state index is 12.4. The fourth-order valence-corrected chi connectivity index (χ4v) is 2.76. The molecule has 1 atom stereocenters. The molecule has 1 aliphatic heterocycles. The van der Waals surface area contributed by atoms with Crippen molar-refractivity contribution in [1.82, 2.24) is 10.2 Å². The van der Waals surface area contributed by atoms with Gasteiger partial charge in [0, 0.05) is 29.6 Å². The Labute approximate surface area is 146 Å². The van der Waals surface area contributed by atoms with Gasteiger partial charge >= 0.3 is 0 Å². The number of anilines is 2. The number of aromatic amines is 1. The van der Waals surface area contributed by atoms with Crippen molar-refractivity contribution in [2.45, 2.75) is 38.7 Å². The molecule has 2 aromatic rings. The number of carbonyl (C=O) groups excluding carboxylic acids is 2. The number of hydrogen-bond acceptors (Lipinski definition) is 4. The lowest BCUT2D eigenvalue weighted by molar-refractivity contribution is -0.124. The van der Waals surface area contributed by atoms with Gasteiger partial charge in [-0.15, -0.1) is 0 Å². The van der Waals surface area contributed by atoms with Gasteiger partial charge in [0.05, 0.1) is 0 Å². The minimum atomic E-state index is -0.404. The first kappa shape index (κ1) is 17.2. The van der Waals surface area contributed by atoms with E-state index >= 15 is 0 Å². The molecule has 0 saturated carbocycles. The van der Waals surface area contributed by atoms with E-state index in [1.807, 2.05) is 6.07 Å². The molecule has 1 aromatic heterocycles. The van der Waals surface area contributed by atoms with Crippen LogP contribution in [0, 0.1) is 0 Å². The Kier molecular flexibility index (Phi) is 5.45. The third-order valence-corrected chi connectivity index (χ3v) is 4.01. The third-order valence-electron chi connectivity index (χ3n) is 4.01. The van der Waals surface area contributed by atoms with Gasteiger partial charge in [-0.2, -0.15) is 5.10 Å². The van der Waals surface area contributed by atoms with Crippen molar-refractivity contribution in [1.29, 1.82) is 0 Å². The molecule has 0 bridgehead atoms. The highest BCUT2D eigenvalue weighted by atomic mass is 16.5. The average Bonchev–Trinajstić information content (AvgIpc) is 3.27. The second-order valence-corrected chi connectivity index (χ2v) is 6.05. The van der Waals surface area contributed by atoms with E-state index in [-0.39, 0.29) is 11.8 Å². The molecule has 25 heavy (non-hydrogen) atoms. The van der Waals surface area contributed by atoms with Crippen LogP contribution in [0.5, 0.6) is 0 Å². The highest BCUT2D eigenvalue weighted by Gasteiger charge is 2.23. The SMILES string of the molecule is CCCc1cc(NC(=O)c2cccc(NC(=O)[C@H]3CCCO3)c2)n[nH]1. The number of ether oxygens (including phenoxy) is 1. The number of rotatable bonds is 6. The Morgan fingerprint density at radius 1 is 1.32 bits per heavy atom. The van der Waals surface area contributed by atoms with Crippen molar-refractivity contribution >= 4 is 23.3 Å². The molecule has 3 N–H and O–H groups in total. The van der Waals surface area contributed by atoms with E-state index < -0.39 is 6.10 Å². The summed E-state index contributed by atoms with van der Waals surface area (Å²) in [6, 6.07) is 8.63. The van der Waals surface area contributed by atoms with Crippen LogP contribution in [0.4, 0.5) is 11.5 Å². The van der Waals surface area contributed by atoms with Crippen molar-refractivity contribution in [3.8, 4) is 0 Å². The summed E-state index contributed by atoms with van der Waals surface area (Å²) < 4.78 is 5.36. The molecule has 1 aliphatic rings. The molecule has 3 rings (SSSR count). The van der Waals surface area contributed by atoms with Crippen LogP contribution in [-0.4, -0.2) is 34.7 Å². The van der Waals surface area contributed by atoms with Gasteiger partial charge < -0.3 is 15.4 Å². The average molecular weight is 342 g/mol. The number of aromatic nitrogens is 2. The summed E-state index contributed by atoms with van der Waals surface area (Å²) in [6.45, 7) is 2.69. The molecule has 1 fully saturated rings. The summed E-state index contributed by atoms with van der Waals surface area (Å²) in [7, 11) is 0.